The van der Waals surface area contributed by atoms with Gasteiger partial charge in [-0.05, 0) is 13.2 Å². The van der Waals surface area contributed by atoms with Crippen molar-refractivity contribution in [1.82, 2.24) is 19.6 Å². The monoisotopic (exact) mass is 196 g/mol. The van der Waals surface area contributed by atoms with Gasteiger partial charge < -0.3 is 0 Å². The van der Waals surface area contributed by atoms with Gasteiger partial charge in [-0.2, -0.15) is 0 Å². The van der Waals surface area contributed by atoms with Gasteiger partial charge in [0.25, 0.3) is 5.56 Å². The van der Waals surface area contributed by atoms with Gasteiger partial charge in [-0.15, -0.1) is 10.2 Å². The van der Waals surface area contributed by atoms with Crippen molar-refractivity contribution in [2.24, 2.45) is 0 Å². The minimum Gasteiger partial charge on any atom is -0.291 e. The van der Waals surface area contributed by atoms with Crippen LogP contribution in [0, 0.1) is 6.92 Å². The lowest BCUT2D eigenvalue weighted by Crippen LogP contribution is -2.09. The van der Waals surface area contributed by atoms with Crippen LogP contribution in [0.25, 0.3) is 5.78 Å². The third-order valence-corrected chi connectivity index (χ3v) is 2.37. The summed E-state index contributed by atoms with van der Waals surface area (Å²) in [6.45, 7) is 1.85. The van der Waals surface area contributed by atoms with Gasteiger partial charge in [0.05, 0.1) is 0 Å². The zero-order valence-corrected chi connectivity index (χ0v) is 8.05. The molecule has 68 valence electrons. The van der Waals surface area contributed by atoms with E-state index in [1.165, 1.54) is 17.8 Å². The third kappa shape index (κ3) is 1.23. The van der Waals surface area contributed by atoms with Crippen molar-refractivity contribution in [1.29, 1.82) is 0 Å². The molecule has 0 saturated heterocycles. The van der Waals surface area contributed by atoms with Gasteiger partial charge in [0.1, 0.15) is 0 Å². The van der Waals surface area contributed by atoms with Crippen LogP contribution in [0.1, 0.15) is 5.69 Å². The molecule has 0 fully saturated rings. The molecular formula is C7H8N4OS. The van der Waals surface area contributed by atoms with Crippen LogP contribution in [-0.2, 0) is 0 Å². The van der Waals surface area contributed by atoms with Crippen LogP contribution in [0.2, 0.25) is 0 Å². The topological polar surface area (TPSA) is 63.0 Å². The minimum absolute atomic E-state index is 0.148. The van der Waals surface area contributed by atoms with Gasteiger partial charge in [-0.25, -0.2) is 0 Å². The van der Waals surface area contributed by atoms with Crippen LogP contribution in [0.3, 0.4) is 0 Å². The van der Waals surface area contributed by atoms with E-state index in [9.17, 15) is 4.79 Å². The molecule has 0 aliphatic rings. The fraction of sp³-hybridized carbons (Fsp3) is 0.286. The number of nitrogens with zero attached hydrogens (tertiary/aromatic N) is 3. The maximum absolute atomic E-state index is 11.1. The number of rotatable bonds is 1. The Balaban J connectivity index is 2.90. The smallest absolute Gasteiger partial charge is 0.252 e. The predicted molar refractivity (Wildman–Crippen MR) is 50.1 cm³/mol. The number of aryl methyl sites for hydroxylation is 1. The molecule has 0 amide bonds. The van der Waals surface area contributed by atoms with Crippen molar-refractivity contribution in [3.63, 3.8) is 0 Å². The molecule has 0 bridgehead atoms. The van der Waals surface area contributed by atoms with Crippen molar-refractivity contribution < 1.29 is 0 Å². The summed E-state index contributed by atoms with van der Waals surface area (Å²) in [4.78, 5) is 13.7. The molecule has 5 nitrogen and oxygen atoms in total. The molecule has 0 aliphatic carbocycles. The van der Waals surface area contributed by atoms with E-state index < -0.39 is 0 Å². The average molecular weight is 196 g/mol. The second-order valence-electron chi connectivity index (χ2n) is 2.62. The van der Waals surface area contributed by atoms with Crippen molar-refractivity contribution in [3.8, 4) is 0 Å². The summed E-state index contributed by atoms with van der Waals surface area (Å²) in [6, 6.07) is 1.52. The number of aromatic nitrogens is 4. The number of hydrogen-bond acceptors (Lipinski definition) is 4. The molecule has 0 saturated carbocycles. The highest BCUT2D eigenvalue weighted by Gasteiger charge is 2.06. The van der Waals surface area contributed by atoms with E-state index >= 15 is 0 Å². The molecular weight excluding hydrogens is 188 g/mol. The van der Waals surface area contributed by atoms with Gasteiger partial charge in [0, 0.05) is 11.8 Å². The first-order chi connectivity index (χ1) is 6.22. The second kappa shape index (κ2) is 2.88. The first kappa shape index (κ1) is 8.31. The zero-order valence-electron chi connectivity index (χ0n) is 7.24. The Hall–Kier alpha value is -1.30. The van der Waals surface area contributed by atoms with E-state index in [0.717, 1.165) is 10.9 Å². The average Bonchev–Trinajstić information content (AvgIpc) is 2.47. The maximum Gasteiger partial charge on any atom is 0.252 e. The molecule has 0 aromatic carbocycles. The molecule has 0 unspecified atom stereocenters. The van der Waals surface area contributed by atoms with E-state index in [1.807, 2.05) is 17.6 Å². The standard InChI is InChI=1S/C7H8N4OS/c1-4-3-5(12)8-6-9-10-7(13-2)11(4)6/h3H,1-2H3,(H,8,9,12). The highest BCUT2D eigenvalue weighted by molar-refractivity contribution is 7.98. The van der Waals surface area contributed by atoms with Crippen LogP contribution in [-0.4, -0.2) is 25.8 Å². The molecule has 6 heteroatoms. The highest BCUT2D eigenvalue weighted by atomic mass is 32.2. The molecule has 0 spiro atoms. The number of H-pyrrole nitrogens is 1. The highest BCUT2D eigenvalue weighted by Crippen LogP contribution is 2.12. The van der Waals surface area contributed by atoms with E-state index in [0.29, 0.717) is 5.78 Å². The van der Waals surface area contributed by atoms with Gasteiger partial charge in [0.2, 0.25) is 5.78 Å². The summed E-state index contributed by atoms with van der Waals surface area (Å²) in [6.07, 6.45) is 1.92. The molecule has 2 rings (SSSR count). The number of thioether (sulfide) groups is 1. The fourth-order valence-corrected chi connectivity index (χ4v) is 1.74. The van der Waals surface area contributed by atoms with Crippen LogP contribution in [0.15, 0.2) is 16.0 Å². The molecule has 13 heavy (non-hydrogen) atoms. The molecule has 2 aromatic heterocycles. The van der Waals surface area contributed by atoms with Crippen molar-refractivity contribution in [2.75, 3.05) is 6.26 Å². The number of aromatic amines is 1. The molecule has 0 radical (unpaired) electrons. The molecule has 0 aliphatic heterocycles. The quantitative estimate of drug-likeness (QED) is 0.672. The molecule has 1 N–H and O–H groups in total. The van der Waals surface area contributed by atoms with Crippen molar-refractivity contribution in [2.45, 2.75) is 12.1 Å². The minimum atomic E-state index is -0.148. The first-order valence-electron chi connectivity index (χ1n) is 3.71. The summed E-state index contributed by atoms with van der Waals surface area (Å²) in [5.74, 6) is 0.495. The predicted octanol–water partition coefficient (Wildman–Crippen LogP) is 0.448. The molecule has 2 aromatic rings. The Morgan fingerprint density at radius 1 is 1.54 bits per heavy atom. The van der Waals surface area contributed by atoms with Gasteiger partial charge in [-0.1, -0.05) is 11.8 Å². The van der Waals surface area contributed by atoms with E-state index in [4.69, 9.17) is 0 Å². The van der Waals surface area contributed by atoms with Crippen molar-refractivity contribution >= 4 is 17.5 Å². The van der Waals surface area contributed by atoms with E-state index in [1.54, 1.807) is 0 Å². The number of hydrogen-bond donors (Lipinski definition) is 1. The number of fused-ring (bicyclic) bond motifs is 1. The fourth-order valence-electron chi connectivity index (χ4n) is 1.20. The van der Waals surface area contributed by atoms with E-state index in [-0.39, 0.29) is 5.56 Å². The third-order valence-electron chi connectivity index (χ3n) is 1.74. The lowest BCUT2D eigenvalue weighted by molar-refractivity contribution is 0.889. The van der Waals surface area contributed by atoms with Gasteiger partial charge in [-0.3, -0.25) is 14.2 Å². The summed E-state index contributed by atoms with van der Waals surface area (Å²) in [5, 5.41) is 8.55. The van der Waals surface area contributed by atoms with Crippen LogP contribution in [0.4, 0.5) is 0 Å². The summed E-state index contributed by atoms with van der Waals surface area (Å²) in [5.41, 5.74) is 0.693. The van der Waals surface area contributed by atoms with Gasteiger partial charge in [0.15, 0.2) is 5.16 Å². The Kier molecular flexibility index (Phi) is 1.84. The Morgan fingerprint density at radius 2 is 2.31 bits per heavy atom. The molecule has 2 heterocycles. The number of nitrogens with one attached hydrogen (secondary N) is 1. The zero-order chi connectivity index (χ0) is 9.42. The second-order valence-corrected chi connectivity index (χ2v) is 3.39. The van der Waals surface area contributed by atoms with E-state index in [2.05, 4.69) is 15.2 Å². The van der Waals surface area contributed by atoms with Gasteiger partial charge >= 0.3 is 0 Å². The lowest BCUT2D eigenvalue weighted by atomic mass is 10.4. The Labute approximate surface area is 78.2 Å². The van der Waals surface area contributed by atoms with Crippen molar-refractivity contribution in [3.05, 3.63) is 22.1 Å². The van der Waals surface area contributed by atoms with Crippen LogP contribution in [0.5, 0.6) is 0 Å². The normalized spacial score (nSPS) is 10.9. The Bertz CT molecular complexity index is 501. The summed E-state index contributed by atoms with van der Waals surface area (Å²) in [7, 11) is 0. The largest absolute Gasteiger partial charge is 0.291 e. The summed E-state index contributed by atoms with van der Waals surface area (Å²) < 4.78 is 1.81. The Morgan fingerprint density at radius 3 is 3.00 bits per heavy atom. The maximum atomic E-state index is 11.1. The van der Waals surface area contributed by atoms with Crippen LogP contribution >= 0.6 is 11.8 Å². The first-order valence-corrected chi connectivity index (χ1v) is 4.94. The van der Waals surface area contributed by atoms with Crippen LogP contribution < -0.4 is 5.56 Å². The SMILES string of the molecule is CSc1nnc2[nH]c(=O)cc(C)n12. The lowest BCUT2D eigenvalue weighted by Gasteiger charge is -1.98. The molecule has 0 atom stereocenters. The summed E-state index contributed by atoms with van der Waals surface area (Å²) >= 11 is 1.49.